The third-order valence-corrected chi connectivity index (χ3v) is 8.38. The van der Waals surface area contributed by atoms with Crippen molar-refractivity contribution in [3.05, 3.63) is 0 Å². The molecule has 4 aliphatic carbocycles. The van der Waals surface area contributed by atoms with E-state index in [9.17, 15) is 14.7 Å². The van der Waals surface area contributed by atoms with Gasteiger partial charge >= 0.3 is 0 Å². The smallest absolute Gasteiger partial charge is 0.139 e. The normalized spacial score (nSPS) is 54.6. The number of carbonyl (C=O) groups is 2. The van der Waals surface area contributed by atoms with Crippen LogP contribution in [0.2, 0.25) is 0 Å². The van der Waals surface area contributed by atoms with Gasteiger partial charge in [-0.25, -0.2) is 0 Å². The SMILES string of the molecule is C[C@]12CCC(=O)CC1CCC1C3CCC(=O)[C@@]3(C)CC[C@@]12O. The molecule has 22 heavy (non-hydrogen) atoms. The highest BCUT2D eigenvalue weighted by Crippen LogP contribution is 2.66. The Morgan fingerprint density at radius 3 is 2.50 bits per heavy atom. The quantitative estimate of drug-likeness (QED) is 0.747. The van der Waals surface area contributed by atoms with E-state index in [1.807, 2.05) is 0 Å². The van der Waals surface area contributed by atoms with Gasteiger partial charge in [-0.15, -0.1) is 0 Å². The first-order valence-electron chi connectivity index (χ1n) is 9.09. The van der Waals surface area contributed by atoms with E-state index in [1.165, 1.54) is 0 Å². The van der Waals surface area contributed by atoms with Gasteiger partial charge in [0.15, 0.2) is 0 Å². The monoisotopic (exact) mass is 304 g/mol. The predicted octanol–water partition coefficient (Wildman–Crippen LogP) is 3.28. The van der Waals surface area contributed by atoms with Gasteiger partial charge in [0.25, 0.3) is 0 Å². The van der Waals surface area contributed by atoms with Crippen molar-refractivity contribution in [3.8, 4) is 0 Å². The standard InChI is InChI=1S/C19H28O3/c1-17-9-10-19(22)15(14(17)5-6-16(17)21)4-3-12-11-13(20)7-8-18(12,19)2/h12,14-15,22H,3-11H2,1-2H3/t12?,14?,15?,17-,18-,19+/m0/s1. The topological polar surface area (TPSA) is 54.4 Å². The minimum Gasteiger partial charge on any atom is -0.389 e. The Kier molecular flexibility index (Phi) is 3.00. The van der Waals surface area contributed by atoms with Crippen molar-refractivity contribution in [1.82, 2.24) is 0 Å². The van der Waals surface area contributed by atoms with Crippen molar-refractivity contribution >= 4 is 11.6 Å². The summed E-state index contributed by atoms with van der Waals surface area (Å²) in [6, 6.07) is 0. The fraction of sp³-hybridized carbons (Fsp3) is 0.895. The van der Waals surface area contributed by atoms with Crippen LogP contribution < -0.4 is 0 Å². The largest absolute Gasteiger partial charge is 0.389 e. The molecule has 0 aromatic carbocycles. The van der Waals surface area contributed by atoms with Crippen molar-refractivity contribution in [1.29, 1.82) is 0 Å². The molecule has 0 radical (unpaired) electrons. The summed E-state index contributed by atoms with van der Waals surface area (Å²) < 4.78 is 0. The second-order valence-corrected chi connectivity index (χ2v) is 8.95. The molecule has 0 aromatic heterocycles. The van der Waals surface area contributed by atoms with Crippen molar-refractivity contribution in [2.75, 3.05) is 0 Å². The lowest BCUT2D eigenvalue weighted by Crippen LogP contribution is -2.65. The van der Waals surface area contributed by atoms with E-state index in [4.69, 9.17) is 0 Å². The van der Waals surface area contributed by atoms with Crippen LogP contribution in [-0.4, -0.2) is 22.3 Å². The highest BCUT2D eigenvalue weighted by atomic mass is 16.3. The lowest BCUT2D eigenvalue weighted by molar-refractivity contribution is -0.228. The van der Waals surface area contributed by atoms with Crippen LogP contribution >= 0.6 is 0 Å². The molecule has 3 unspecified atom stereocenters. The van der Waals surface area contributed by atoms with Gasteiger partial charge < -0.3 is 5.11 Å². The summed E-state index contributed by atoms with van der Waals surface area (Å²) in [4.78, 5) is 24.3. The maximum atomic E-state index is 12.4. The second kappa shape index (κ2) is 4.43. The first-order chi connectivity index (χ1) is 10.3. The van der Waals surface area contributed by atoms with Crippen LogP contribution in [0.25, 0.3) is 0 Å². The number of carbonyl (C=O) groups excluding carboxylic acids is 2. The second-order valence-electron chi connectivity index (χ2n) is 8.95. The number of fused-ring (bicyclic) bond motifs is 5. The van der Waals surface area contributed by atoms with Gasteiger partial charge in [0.05, 0.1) is 5.60 Å². The zero-order valence-electron chi connectivity index (χ0n) is 13.9. The molecule has 0 aliphatic heterocycles. The van der Waals surface area contributed by atoms with Crippen LogP contribution in [0.5, 0.6) is 0 Å². The molecular weight excluding hydrogens is 276 g/mol. The average molecular weight is 304 g/mol. The van der Waals surface area contributed by atoms with Crippen LogP contribution in [0.1, 0.15) is 71.6 Å². The number of Topliss-reactive ketones (excluding diaryl/α,β-unsaturated/α-hetero) is 2. The van der Waals surface area contributed by atoms with Crippen LogP contribution in [0.4, 0.5) is 0 Å². The molecule has 4 aliphatic rings. The highest BCUT2D eigenvalue weighted by molar-refractivity contribution is 5.87. The molecule has 6 atom stereocenters. The molecule has 0 saturated heterocycles. The average Bonchev–Trinajstić information content (AvgIpc) is 2.77. The molecular formula is C19H28O3. The summed E-state index contributed by atoms with van der Waals surface area (Å²) in [6.45, 7) is 4.38. The summed E-state index contributed by atoms with van der Waals surface area (Å²) in [5, 5.41) is 11.8. The van der Waals surface area contributed by atoms with Crippen molar-refractivity contribution < 1.29 is 14.7 Å². The Labute approximate surface area is 132 Å². The Morgan fingerprint density at radius 2 is 1.73 bits per heavy atom. The third kappa shape index (κ3) is 1.61. The predicted molar refractivity (Wildman–Crippen MR) is 83.2 cm³/mol. The molecule has 0 amide bonds. The van der Waals surface area contributed by atoms with Crippen molar-refractivity contribution in [3.63, 3.8) is 0 Å². The molecule has 4 rings (SSSR count). The molecule has 4 saturated carbocycles. The van der Waals surface area contributed by atoms with Gasteiger partial charge in [0.1, 0.15) is 11.6 Å². The Morgan fingerprint density at radius 1 is 0.955 bits per heavy atom. The summed E-state index contributed by atoms with van der Waals surface area (Å²) in [7, 11) is 0. The van der Waals surface area contributed by atoms with E-state index in [1.54, 1.807) is 0 Å². The molecule has 0 spiro atoms. The fourth-order valence-corrected chi connectivity index (χ4v) is 6.76. The fourth-order valence-electron chi connectivity index (χ4n) is 6.76. The van der Waals surface area contributed by atoms with E-state index in [-0.39, 0.29) is 16.7 Å². The zero-order chi connectivity index (χ0) is 15.8. The number of rotatable bonds is 0. The van der Waals surface area contributed by atoms with E-state index in [0.717, 1.165) is 38.5 Å². The van der Waals surface area contributed by atoms with Crippen LogP contribution in [0.15, 0.2) is 0 Å². The molecule has 1 N–H and O–H groups in total. The first-order valence-corrected chi connectivity index (χ1v) is 9.09. The summed E-state index contributed by atoms with van der Waals surface area (Å²) in [6.07, 6.45) is 7.41. The Balaban J connectivity index is 1.72. The van der Waals surface area contributed by atoms with Gasteiger partial charge in [-0.1, -0.05) is 13.8 Å². The third-order valence-electron chi connectivity index (χ3n) is 8.38. The zero-order valence-corrected chi connectivity index (χ0v) is 13.9. The van der Waals surface area contributed by atoms with E-state index < -0.39 is 5.60 Å². The van der Waals surface area contributed by atoms with Crippen LogP contribution in [0, 0.1) is 28.6 Å². The van der Waals surface area contributed by atoms with Gasteiger partial charge in [-0.05, 0) is 56.3 Å². The molecule has 0 heterocycles. The number of hydrogen-bond donors (Lipinski definition) is 1. The highest BCUT2D eigenvalue weighted by Gasteiger charge is 2.66. The van der Waals surface area contributed by atoms with Gasteiger partial charge in [0, 0.05) is 30.1 Å². The Hall–Kier alpha value is -0.700. The summed E-state index contributed by atoms with van der Waals surface area (Å²) in [5.74, 6) is 1.75. The number of aliphatic hydroxyl groups is 1. The minimum absolute atomic E-state index is 0.128. The van der Waals surface area contributed by atoms with E-state index >= 15 is 0 Å². The molecule has 3 nitrogen and oxygen atoms in total. The lowest BCUT2D eigenvalue weighted by atomic mass is 9.43. The molecule has 0 aromatic rings. The molecule has 3 heteroatoms. The van der Waals surface area contributed by atoms with Gasteiger partial charge in [0.2, 0.25) is 0 Å². The minimum atomic E-state index is -0.661. The number of ketones is 2. The van der Waals surface area contributed by atoms with Crippen LogP contribution in [-0.2, 0) is 9.59 Å². The molecule has 0 bridgehead atoms. The van der Waals surface area contributed by atoms with Crippen molar-refractivity contribution in [2.45, 2.75) is 77.2 Å². The van der Waals surface area contributed by atoms with E-state index in [2.05, 4.69) is 13.8 Å². The first kappa shape index (κ1) is 14.9. The molecule has 4 fully saturated rings. The maximum absolute atomic E-state index is 12.4. The maximum Gasteiger partial charge on any atom is 0.139 e. The summed E-state index contributed by atoms with van der Waals surface area (Å²) in [5.41, 5.74) is -0.979. The Bertz CT molecular complexity index is 541. The van der Waals surface area contributed by atoms with Gasteiger partial charge in [-0.2, -0.15) is 0 Å². The lowest BCUT2D eigenvalue weighted by Gasteiger charge is -2.64. The van der Waals surface area contributed by atoms with E-state index in [0.29, 0.717) is 42.7 Å². The number of hydrogen-bond acceptors (Lipinski definition) is 3. The van der Waals surface area contributed by atoms with Crippen molar-refractivity contribution in [2.24, 2.45) is 28.6 Å². The van der Waals surface area contributed by atoms with Gasteiger partial charge in [-0.3, -0.25) is 9.59 Å². The van der Waals surface area contributed by atoms with Crippen LogP contribution in [0.3, 0.4) is 0 Å². The molecule has 122 valence electrons. The summed E-state index contributed by atoms with van der Waals surface area (Å²) >= 11 is 0.